The minimum atomic E-state index is -0.828. The van der Waals surface area contributed by atoms with Gasteiger partial charge in [0.25, 0.3) is 11.7 Å². The number of hydrogen-bond acceptors (Lipinski definition) is 6. The summed E-state index contributed by atoms with van der Waals surface area (Å²) in [7, 11) is 1.49. The number of ketones is 1. The number of hydrogen-bond donors (Lipinski definition) is 2. The van der Waals surface area contributed by atoms with E-state index < -0.39 is 17.7 Å². The highest BCUT2D eigenvalue weighted by Gasteiger charge is 2.45. The van der Waals surface area contributed by atoms with Gasteiger partial charge in [-0.25, -0.2) is 0 Å². The fourth-order valence-electron chi connectivity index (χ4n) is 3.38. The molecule has 8 heteroatoms. The van der Waals surface area contributed by atoms with Gasteiger partial charge < -0.3 is 24.6 Å². The van der Waals surface area contributed by atoms with E-state index in [1.807, 2.05) is 6.92 Å². The Kier molecular flexibility index (Phi) is 6.64. The third kappa shape index (κ3) is 4.13. The van der Waals surface area contributed by atoms with Crippen molar-refractivity contribution in [3.05, 3.63) is 64.2 Å². The molecule has 1 aliphatic rings. The van der Waals surface area contributed by atoms with Crippen LogP contribution in [0.15, 0.2) is 48.0 Å². The van der Waals surface area contributed by atoms with Gasteiger partial charge in [-0.2, -0.15) is 0 Å². The van der Waals surface area contributed by atoms with Crippen LogP contribution in [0.4, 0.5) is 0 Å². The van der Waals surface area contributed by atoms with Crippen molar-refractivity contribution in [2.45, 2.75) is 13.0 Å². The lowest BCUT2D eigenvalue weighted by molar-refractivity contribution is -0.140. The molecule has 1 heterocycles. The first-order valence-electron chi connectivity index (χ1n) is 9.38. The van der Waals surface area contributed by atoms with Crippen molar-refractivity contribution in [3.63, 3.8) is 0 Å². The summed E-state index contributed by atoms with van der Waals surface area (Å²) in [4.78, 5) is 26.9. The van der Waals surface area contributed by atoms with Crippen LogP contribution in [0.25, 0.3) is 5.76 Å². The molecule has 1 saturated heterocycles. The number of phenols is 1. The maximum Gasteiger partial charge on any atom is 0.295 e. The van der Waals surface area contributed by atoms with Crippen LogP contribution in [-0.2, 0) is 14.3 Å². The largest absolute Gasteiger partial charge is 0.508 e. The van der Waals surface area contributed by atoms with E-state index in [-0.39, 0.29) is 40.8 Å². The van der Waals surface area contributed by atoms with Gasteiger partial charge in [0.1, 0.15) is 17.3 Å². The van der Waals surface area contributed by atoms with Crippen LogP contribution in [0.1, 0.15) is 24.1 Å². The highest BCUT2D eigenvalue weighted by Crippen LogP contribution is 2.40. The molecule has 158 valence electrons. The van der Waals surface area contributed by atoms with E-state index in [1.165, 1.54) is 30.2 Å². The fraction of sp³-hybridized carbons (Fsp3) is 0.273. The van der Waals surface area contributed by atoms with Gasteiger partial charge >= 0.3 is 0 Å². The van der Waals surface area contributed by atoms with Crippen molar-refractivity contribution in [1.29, 1.82) is 0 Å². The summed E-state index contributed by atoms with van der Waals surface area (Å²) >= 11 is 6.23. The molecular formula is C22H22ClNO6. The van der Waals surface area contributed by atoms with Crippen molar-refractivity contribution in [1.82, 2.24) is 4.90 Å². The summed E-state index contributed by atoms with van der Waals surface area (Å²) < 4.78 is 10.5. The van der Waals surface area contributed by atoms with Crippen molar-refractivity contribution >= 4 is 29.1 Å². The number of carbonyl (C=O) groups is 2. The number of benzene rings is 2. The second-order valence-corrected chi connectivity index (χ2v) is 7.06. The van der Waals surface area contributed by atoms with E-state index in [4.69, 9.17) is 21.1 Å². The molecule has 2 aromatic carbocycles. The quantitative estimate of drug-likeness (QED) is 0.395. The monoisotopic (exact) mass is 431 g/mol. The zero-order valence-corrected chi connectivity index (χ0v) is 17.3. The predicted molar refractivity (Wildman–Crippen MR) is 112 cm³/mol. The molecule has 0 aliphatic carbocycles. The molecule has 1 atom stereocenters. The second kappa shape index (κ2) is 9.19. The van der Waals surface area contributed by atoms with Crippen LogP contribution < -0.4 is 4.74 Å². The molecule has 0 bridgehead atoms. The lowest BCUT2D eigenvalue weighted by Gasteiger charge is -2.25. The van der Waals surface area contributed by atoms with E-state index in [2.05, 4.69) is 0 Å². The SMILES string of the molecule is CCOc1ccc(/C(O)=C2\C(=O)C(=O)N(CCOC)C2c2ccc(O)cc2)cc1Cl. The number of likely N-dealkylation sites (tertiary alicyclic amines) is 1. The summed E-state index contributed by atoms with van der Waals surface area (Å²) in [6, 6.07) is 9.94. The van der Waals surface area contributed by atoms with E-state index in [0.29, 0.717) is 17.9 Å². The Balaban J connectivity index is 2.13. The first kappa shape index (κ1) is 21.7. The second-order valence-electron chi connectivity index (χ2n) is 6.66. The van der Waals surface area contributed by atoms with Gasteiger partial charge in [0.15, 0.2) is 0 Å². The molecule has 0 radical (unpaired) electrons. The van der Waals surface area contributed by atoms with Gasteiger partial charge in [-0.3, -0.25) is 9.59 Å². The Bertz CT molecular complexity index is 986. The molecular weight excluding hydrogens is 410 g/mol. The molecule has 30 heavy (non-hydrogen) atoms. The Morgan fingerprint density at radius 1 is 1.17 bits per heavy atom. The fourth-order valence-corrected chi connectivity index (χ4v) is 3.61. The number of aliphatic hydroxyl groups excluding tert-OH is 1. The molecule has 1 aliphatic heterocycles. The summed E-state index contributed by atoms with van der Waals surface area (Å²) in [5, 5.41) is 20.9. The molecule has 1 amide bonds. The number of rotatable bonds is 7. The Morgan fingerprint density at radius 2 is 1.87 bits per heavy atom. The van der Waals surface area contributed by atoms with Gasteiger partial charge in [0.2, 0.25) is 0 Å². The molecule has 0 saturated carbocycles. The average Bonchev–Trinajstić information content (AvgIpc) is 2.98. The number of ether oxygens (including phenoxy) is 2. The van der Waals surface area contributed by atoms with E-state index in [1.54, 1.807) is 24.3 Å². The summed E-state index contributed by atoms with van der Waals surface area (Å²) in [5.74, 6) is -1.37. The van der Waals surface area contributed by atoms with E-state index >= 15 is 0 Å². The summed E-state index contributed by atoms with van der Waals surface area (Å²) in [6.07, 6.45) is 0. The minimum absolute atomic E-state index is 0.0471. The Labute approximate surface area is 179 Å². The van der Waals surface area contributed by atoms with Crippen LogP contribution >= 0.6 is 11.6 Å². The first-order valence-corrected chi connectivity index (χ1v) is 9.75. The van der Waals surface area contributed by atoms with Crippen molar-refractivity contribution in [2.75, 3.05) is 26.9 Å². The minimum Gasteiger partial charge on any atom is -0.508 e. The number of aromatic hydroxyl groups is 1. The number of amides is 1. The van der Waals surface area contributed by atoms with Crippen molar-refractivity contribution < 1.29 is 29.3 Å². The van der Waals surface area contributed by atoms with E-state index in [0.717, 1.165) is 0 Å². The lowest BCUT2D eigenvalue weighted by atomic mass is 9.95. The topological polar surface area (TPSA) is 96.3 Å². The number of methoxy groups -OCH3 is 1. The van der Waals surface area contributed by atoms with Crippen molar-refractivity contribution in [2.24, 2.45) is 0 Å². The molecule has 3 rings (SSSR count). The smallest absolute Gasteiger partial charge is 0.295 e. The van der Waals surface area contributed by atoms with Gasteiger partial charge in [-0.1, -0.05) is 23.7 Å². The third-order valence-corrected chi connectivity index (χ3v) is 5.09. The standard InChI is InChI=1S/C22H22ClNO6/c1-3-30-17-9-6-14(12-16(17)23)20(26)18-19(13-4-7-15(25)8-5-13)24(10-11-29-2)22(28)21(18)27/h4-9,12,19,25-26H,3,10-11H2,1-2H3/b20-18+. The van der Waals surface area contributed by atoms with Gasteiger partial charge in [-0.05, 0) is 42.8 Å². The van der Waals surface area contributed by atoms with Gasteiger partial charge in [-0.15, -0.1) is 0 Å². The molecule has 7 nitrogen and oxygen atoms in total. The van der Waals surface area contributed by atoms with Crippen LogP contribution in [0.2, 0.25) is 5.02 Å². The lowest BCUT2D eigenvalue weighted by Crippen LogP contribution is -2.32. The molecule has 1 unspecified atom stereocenters. The van der Waals surface area contributed by atoms with Gasteiger partial charge in [0.05, 0.1) is 29.9 Å². The summed E-state index contributed by atoms with van der Waals surface area (Å²) in [5.41, 5.74) is 0.806. The van der Waals surface area contributed by atoms with Crippen LogP contribution in [-0.4, -0.2) is 53.7 Å². The highest BCUT2D eigenvalue weighted by atomic mass is 35.5. The number of carbonyl (C=O) groups excluding carboxylic acids is 2. The molecule has 2 N–H and O–H groups in total. The Hall–Kier alpha value is -3.03. The normalized spacial score (nSPS) is 18.1. The number of halogens is 1. The maximum atomic E-state index is 12.8. The van der Waals surface area contributed by atoms with Crippen LogP contribution in [0.3, 0.4) is 0 Å². The maximum absolute atomic E-state index is 12.8. The summed E-state index contributed by atoms with van der Waals surface area (Å²) in [6.45, 7) is 2.63. The zero-order chi connectivity index (χ0) is 21.8. The third-order valence-electron chi connectivity index (χ3n) is 4.79. The molecule has 0 aromatic heterocycles. The highest BCUT2D eigenvalue weighted by molar-refractivity contribution is 6.46. The van der Waals surface area contributed by atoms with Crippen molar-refractivity contribution in [3.8, 4) is 11.5 Å². The molecule has 1 fully saturated rings. The van der Waals surface area contributed by atoms with E-state index in [9.17, 15) is 19.8 Å². The average molecular weight is 432 g/mol. The first-order chi connectivity index (χ1) is 14.4. The number of phenolic OH excluding ortho intramolecular Hbond substituents is 1. The number of aliphatic hydroxyl groups is 1. The number of nitrogens with zero attached hydrogens (tertiary/aromatic N) is 1. The molecule has 0 spiro atoms. The zero-order valence-electron chi connectivity index (χ0n) is 16.6. The number of Topliss-reactive ketones (excluding diaryl/α,β-unsaturated/α-hetero) is 1. The molecule has 2 aromatic rings. The van der Waals surface area contributed by atoms with Gasteiger partial charge in [0, 0.05) is 19.2 Å². The predicted octanol–water partition coefficient (Wildman–Crippen LogP) is 3.51. The Morgan fingerprint density at radius 3 is 2.47 bits per heavy atom. The van der Waals surface area contributed by atoms with Crippen LogP contribution in [0, 0.1) is 0 Å². The van der Waals surface area contributed by atoms with Crippen LogP contribution in [0.5, 0.6) is 11.5 Å².